The number of pyridine rings is 1. The number of ether oxygens (including phenoxy) is 1. The normalized spacial score (nSPS) is 14.9. The van der Waals surface area contributed by atoms with Gasteiger partial charge in [-0.25, -0.2) is 9.97 Å². The number of hydrogen-bond acceptors (Lipinski definition) is 8. The number of aromatic nitrogens is 3. The number of rotatable bonds is 8. The largest absolute Gasteiger partial charge is 0.517 e. The lowest BCUT2D eigenvalue weighted by atomic mass is 10.1. The van der Waals surface area contributed by atoms with Gasteiger partial charge in [-0.2, -0.15) is 39.1 Å². The molecule has 0 atom stereocenters. The number of piperidine rings is 1. The highest BCUT2D eigenvalue weighted by molar-refractivity contribution is 7.94. The van der Waals surface area contributed by atoms with Crippen LogP contribution in [0.3, 0.4) is 0 Å². The lowest BCUT2D eigenvalue weighted by Gasteiger charge is -2.32. The van der Waals surface area contributed by atoms with Gasteiger partial charge in [0.15, 0.2) is 0 Å². The van der Waals surface area contributed by atoms with Crippen LogP contribution in [0.5, 0.6) is 5.75 Å². The van der Waals surface area contributed by atoms with E-state index < -0.39 is 43.2 Å². The highest BCUT2D eigenvalue weighted by atomic mass is 32.2. The Hall–Kier alpha value is -4.15. The molecule has 0 unspecified atom stereocenters. The van der Waals surface area contributed by atoms with Crippen LogP contribution in [0.4, 0.5) is 38.0 Å². The number of hydrogen-bond donors (Lipinski definition) is 0. The minimum Gasteiger partial charge on any atom is -0.490 e. The number of benzene rings is 1. The molecule has 0 bridgehead atoms. The molecule has 1 fully saturated rings. The highest BCUT2D eigenvalue weighted by Gasteiger charge is 2.57. The Morgan fingerprint density at radius 3 is 2.14 bits per heavy atom. The summed E-state index contributed by atoms with van der Waals surface area (Å²) in [7, 11) is -6.73. The molecular formula is C26H25F6N5O5S. The van der Waals surface area contributed by atoms with Crippen molar-refractivity contribution in [2.45, 2.75) is 50.4 Å². The summed E-state index contributed by atoms with van der Waals surface area (Å²) in [6.07, 6.45) is 1.89. The number of alkyl halides is 6. The van der Waals surface area contributed by atoms with Crippen molar-refractivity contribution < 1.29 is 44.3 Å². The van der Waals surface area contributed by atoms with Crippen molar-refractivity contribution >= 4 is 27.6 Å². The molecule has 3 aromatic rings. The zero-order valence-electron chi connectivity index (χ0n) is 22.5. The van der Waals surface area contributed by atoms with E-state index in [4.69, 9.17) is 4.74 Å². The first-order chi connectivity index (χ1) is 20.1. The molecule has 2 aromatic heterocycles. The Labute approximate surface area is 241 Å². The zero-order chi connectivity index (χ0) is 31.6. The van der Waals surface area contributed by atoms with Gasteiger partial charge in [-0.3, -0.25) is 14.2 Å². The molecule has 0 radical (unpaired) electrons. The smallest absolute Gasteiger partial charge is 0.490 e. The van der Waals surface area contributed by atoms with E-state index in [-0.39, 0.29) is 17.5 Å². The van der Waals surface area contributed by atoms with E-state index in [0.717, 1.165) is 41.2 Å². The zero-order valence-corrected chi connectivity index (χ0v) is 23.3. The SMILES string of the molecule is CCCc1cnc(N2CCC(Oc3ccn(-c4ccc(N(C(=O)C(F)(F)F)S(=O)(=O)C(F)(F)F)cc4)c(=O)c3)CC2)nc1. The molecule has 0 aliphatic carbocycles. The van der Waals surface area contributed by atoms with Gasteiger partial charge in [-0.15, -0.1) is 0 Å². The number of halogens is 6. The molecule has 1 amide bonds. The molecule has 0 spiro atoms. The molecular weight excluding hydrogens is 608 g/mol. The number of amides is 1. The minimum atomic E-state index is -6.73. The average Bonchev–Trinajstić information content (AvgIpc) is 2.94. The van der Waals surface area contributed by atoms with Crippen LogP contribution in [0.25, 0.3) is 5.69 Å². The van der Waals surface area contributed by atoms with Crippen molar-refractivity contribution in [3.8, 4) is 11.4 Å². The van der Waals surface area contributed by atoms with E-state index in [2.05, 4.69) is 16.9 Å². The minimum absolute atomic E-state index is 0.0256. The van der Waals surface area contributed by atoms with Crippen molar-refractivity contribution in [2.24, 2.45) is 0 Å². The molecule has 17 heteroatoms. The maximum Gasteiger partial charge on any atom is 0.517 e. The first-order valence-corrected chi connectivity index (χ1v) is 14.3. The number of anilines is 2. The van der Waals surface area contributed by atoms with E-state index in [1.165, 1.54) is 12.3 Å². The third-order valence-corrected chi connectivity index (χ3v) is 7.91. The molecule has 43 heavy (non-hydrogen) atoms. The van der Waals surface area contributed by atoms with Gasteiger partial charge in [0.05, 0.1) is 5.69 Å². The quantitative estimate of drug-likeness (QED) is 0.336. The van der Waals surface area contributed by atoms with Crippen LogP contribution >= 0.6 is 0 Å². The predicted molar refractivity (Wildman–Crippen MR) is 142 cm³/mol. The van der Waals surface area contributed by atoms with Gasteiger partial charge in [0.1, 0.15) is 11.9 Å². The van der Waals surface area contributed by atoms with Gasteiger partial charge in [-0.05, 0) is 42.3 Å². The second-order valence-electron chi connectivity index (χ2n) is 9.55. The van der Waals surface area contributed by atoms with Crippen molar-refractivity contribution in [3.63, 3.8) is 0 Å². The van der Waals surface area contributed by atoms with Crippen LogP contribution in [0, 0.1) is 0 Å². The fourth-order valence-corrected chi connectivity index (χ4v) is 5.30. The monoisotopic (exact) mass is 633 g/mol. The first kappa shape index (κ1) is 31.8. The van der Waals surface area contributed by atoms with Crippen LogP contribution in [-0.2, 0) is 21.2 Å². The summed E-state index contributed by atoms with van der Waals surface area (Å²) in [5.74, 6) is -2.39. The molecule has 3 heterocycles. The molecule has 1 aliphatic rings. The molecule has 0 N–H and O–H groups in total. The molecule has 1 aromatic carbocycles. The molecule has 232 valence electrons. The Morgan fingerprint density at radius 1 is 1.02 bits per heavy atom. The molecule has 1 saturated heterocycles. The summed E-state index contributed by atoms with van der Waals surface area (Å²) in [5, 5.41) is 0. The van der Waals surface area contributed by atoms with E-state index in [1.807, 2.05) is 4.90 Å². The number of aryl methyl sites for hydroxylation is 1. The van der Waals surface area contributed by atoms with Crippen molar-refractivity contribution in [1.29, 1.82) is 0 Å². The predicted octanol–water partition coefficient (Wildman–Crippen LogP) is 4.37. The van der Waals surface area contributed by atoms with Gasteiger partial charge in [0.25, 0.3) is 5.56 Å². The third kappa shape index (κ3) is 7.09. The Kier molecular flexibility index (Phi) is 9.03. The number of sulfonamides is 1. The number of carbonyl (C=O) groups is 1. The maximum atomic E-state index is 13.0. The van der Waals surface area contributed by atoms with Gasteiger partial charge >= 0.3 is 27.6 Å². The van der Waals surface area contributed by atoms with Crippen molar-refractivity contribution in [1.82, 2.24) is 14.5 Å². The molecule has 0 saturated carbocycles. The van der Waals surface area contributed by atoms with E-state index in [9.17, 15) is 44.3 Å². The Morgan fingerprint density at radius 2 is 1.63 bits per heavy atom. The highest BCUT2D eigenvalue weighted by Crippen LogP contribution is 2.34. The van der Waals surface area contributed by atoms with Crippen LogP contribution in [0.2, 0.25) is 0 Å². The Balaban J connectivity index is 1.45. The summed E-state index contributed by atoms with van der Waals surface area (Å²) < 4.78 is 107. The maximum absolute atomic E-state index is 13.0. The van der Waals surface area contributed by atoms with Crippen LogP contribution in [0.1, 0.15) is 31.7 Å². The fraction of sp³-hybridized carbons (Fsp3) is 0.385. The van der Waals surface area contributed by atoms with E-state index in [1.54, 1.807) is 12.4 Å². The Bertz CT molecular complexity index is 1600. The molecule has 10 nitrogen and oxygen atoms in total. The van der Waals surface area contributed by atoms with E-state index >= 15 is 0 Å². The van der Waals surface area contributed by atoms with Crippen molar-refractivity contribution in [2.75, 3.05) is 22.3 Å². The van der Waals surface area contributed by atoms with Gasteiger partial charge in [0, 0.05) is 56.3 Å². The molecule has 1 aliphatic heterocycles. The van der Waals surface area contributed by atoms with Crippen LogP contribution in [0.15, 0.2) is 59.8 Å². The standard InChI is InChI=1S/C26H25F6N5O5S/c1-2-3-17-15-33-24(34-16-17)35-11-8-20(9-12-35)42-21-10-13-36(22(38)14-21)18-4-6-19(7-5-18)37(23(39)25(27,28)29)43(40,41)26(30,31)32/h4-7,10,13-16,20H,2-3,8-9,11-12H2,1H3. The summed E-state index contributed by atoms with van der Waals surface area (Å²) >= 11 is 0. The number of nitrogens with zero attached hydrogens (tertiary/aromatic N) is 5. The van der Waals surface area contributed by atoms with Crippen LogP contribution in [-0.4, -0.2) is 59.7 Å². The summed E-state index contributed by atoms with van der Waals surface area (Å²) in [5.41, 5.74) is -7.02. The van der Waals surface area contributed by atoms with Gasteiger partial charge in [-0.1, -0.05) is 13.3 Å². The summed E-state index contributed by atoms with van der Waals surface area (Å²) in [6, 6.07) is 5.50. The van der Waals surface area contributed by atoms with Gasteiger partial charge in [0.2, 0.25) is 5.95 Å². The van der Waals surface area contributed by atoms with Crippen molar-refractivity contribution in [3.05, 3.63) is 70.9 Å². The summed E-state index contributed by atoms with van der Waals surface area (Å²) in [6.45, 7) is 3.32. The molecule has 4 rings (SSSR count). The van der Waals surface area contributed by atoms with Gasteiger partial charge < -0.3 is 9.64 Å². The topological polar surface area (TPSA) is 115 Å². The second-order valence-corrected chi connectivity index (χ2v) is 11.3. The lowest BCUT2D eigenvalue weighted by Crippen LogP contribution is -2.50. The third-order valence-electron chi connectivity index (χ3n) is 6.47. The fourth-order valence-electron chi connectivity index (χ4n) is 4.38. The summed E-state index contributed by atoms with van der Waals surface area (Å²) in [4.78, 5) is 35.2. The van der Waals surface area contributed by atoms with Crippen LogP contribution < -0.4 is 19.5 Å². The van der Waals surface area contributed by atoms with E-state index in [0.29, 0.717) is 44.0 Å². The second kappa shape index (κ2) is 12.2. The average molecular weight is 634 g/mol. The first-order valence-electron chi connectivity index (χ1n) is 12.9. The lowest BCUT2D eigenvalue weighted by molar-refractivity contribution is -0.169. The number of carbonyl (C=O) groups excluding carboxylic acids is 1.